The molecule has 0 aliphatic carbocycles. The van der Waals surface area contributed by atoms with Crippen LogP contribution in [0.15, 0.2) is 203 Å². The second-order valence-electron chi connectivity index (χ2n) is 13.4. The van der Waals surface area contributed by atoms with Gasteiger partial charge in [0.25, 0.3) is 0 Å². The molecule has 254 valence electrons. The molecule has 2 aromatic heterocycles. The van der Waals surface area contributed by atoms with Gasteiger partial charge in [0.05, 0.1) is 22.1 Å². The molecule has 0 radical (unpaired) electrons. The summed E-state index contributed by atoms with van der Waals surface area (Å²) in [6.07, 6.45) is 0. The largest absolute Gasteiger partial charge is 0.307 e. The lowest BCUT2D eigenvalue weighted by Gasteiger charge is -2.12. The van der Waals surface area contributed by atoms with Crippen LogP contribution in [0.4, 0.5) is 0 Å². The number of fused-ring (bicyclic) bond motifs is 8. The maximum absolute atomic E-state index is 5.56. The van der Waals surface area contributed by atoms with E-state index in [4.69, 9.17) is 10.1 Å². The molecule has 0 amide bonds. The Morgan fingerprint density at radius 3 is 1.81 bits per heavy atom. The molecule has 0 spiro atoms. The number of amidine groups is 2. The third-order valence-electron chi connectivity index (χ3n) is 10.3. The molecule has 0 saturated carbocycles. The fraction of sp³-hybridized carbons (Fsp3) is 0. The van der Waals surface area contributed by atoms with E-state index in [-0.39, 0.29) is 0 Å². The first-order valence-corrected chi connectivity index (χ1v) is 18.1. The molecule has 54 heavy (non-hydrogen) atoms. The second-order valence-corrected chi connectivity index (χ2v) is 13.4. The van der Waals surface area contributed by atoms with Crippen molar-refractivity contribution < 1.29 is 0 Å². The lowest BCUT2D eigenvalue weighted by Crippen LogP contribution is -2.07. The minimum Gasteiger partial charge on any atom is -0.307 e. The van der Waals surface area contributed by atoms with Crippen molar-refractivity contribution in [2.75, 3.05) is 0 Å². The highest BCUT2D eigenvalue weighted by molar-refractivity contribution is 6.23. The predicted molar refractivity (Wildman–Crippen MR) is 228 cm³/mol. The van der Waals surface area contributed by atoms with Crippen molar-refractivity contribution in [2.24, 2.45) is 15.1 Å². The topological polar surface area (TPSA) is 46.9 Å². The minimum atomic E-state index is 0.495. The summed E-state index contributed by atoms with van der Waals surface area (Å²) in [6, 6.07) is 65.5. The van der Waals surface area contributed by atoms with Gasteiger partial charge in [-0.05, 0) is 58.9 Å². The zero-order chi connectivity index (χ0) is 36.0. The van der Waals surface area contributed by atoms with E-state index < -0.39 is 0 Å². The maximum Gasteiger partial charge on any atom is 0.182 e. The summed E-state index contributed by atoms with van der Waals surface area (Å²) in [5, 5.41) is 12.5. The smallest absolute Gasteiger partial charge is 0.182 e. The van der Waals surface area contributed by atoms with Crippen LogP contribution in [0.3, 0.4) is 0 Å². The zero-order valence-corrected chi connectivity index (χ0v) is 29.3. The van der Waals surface area contributed by atoms with Gasteiger partial charge in [0, 0.05) is 38.4 Å². The SMILES string of the molecule is C=N/C(=N\C(=N/n1c2ccccc2c2ccc3c4ccccc4n(-c4ccccc4)c3c21)c1cccc(-c2cccc3ccccc23)c1)c1ccccc1. The maximum atomic E-state index is 5.56. The quantitative estimate of drug-likeness (QED) is 0.127. The molecule has 0 N–H and O–H groups in total. The number of aromatic nitrogens is 2. The Bertz CT molecular complexity index is 3110. The molecule has 0 atom stereocenters. The number of rotatable bonds is 5. The second kappa shape index (κ2) is 13.0. The third kappa shape index (κ3) is 5.13. The van der Waals surface area contributed by atoms with Gasteiger partial charge in [-0.1, -0.05) is 158 Å². The predicted octanol–water partition coefficient (Wildman–Crippen LogP) is 12.1. The number of aliphatic imine (C=N–C) groups is 2. The van der Waals surface area contributed by atoms with Crippen LogP contribution in [-0.4, -0.2) is 27.6 Å². The number of para-hydroxylation sites is 3. The average Bonchev–Trinajstić information content (AvgIpc) is 3.75. The van der Waals surface area contributed by atoms with Crippen molar-refractivity contribution in [3.63, 3.8) is 0 Å². The van der Waals surface area contributed by atoms with Gasteiger partial charge in [-0.3, -0.25) is 0 Å². The summed E-state index contributed by atoms with van der Waals surface area (Å²) < 4.78 is 4.45. The van der Waals surface area contributed by atoms with Crippen LogP contribution in [-0.2, 0) is 0 Å². The van der Waals surface area contributed by atoms with E-state index in [9.17, 15) is 0 Å². The number of hydrogen-bond donors (Lipinski definition) is 0. The Labute approximate surface area is 312 Å². The van der Waals surface area contributed by atoms with E-state index in [0.717, 1.165) is 66.2 Å². The van der Waals surface area contributed by atoms with E-state index in [1.54, 1.807) is 0 Å². The number of nitrogens with zero attached hydrogens (tertiary/aromatic N) is 5. The Kier molecular flexibility index (Phi) is 7.55. The van der Waals surface area contributed by atoms with Crippen LogP contribution < -0.4 is 0 Å². The molecule has 0 saturated heterocycles. The summed E-state index contributed by atoms with van der Waals surface area (Å²) in [5.41, 5.74) is 9.23. The third-order valence-corrected chi connectivity index (χ3v) is 10.3. The molecular weight excluding hydrogens is 659 g/mol. The average molecular weight is 692 g/mol. The van der Waals surface area contributed by atoms with Gasteiger partial charge in [-0.15, -0.1) is 5.10 Å². The van der Waals surface area contributed by atoms with Crippen molar-refractivity contribution >= 4 is 72.8 Å². The summed E-state index contributed by atoms with van der Waals surface area (Å²) in [7, 11) is 0. The highest BCUT2D eigenvalue weighted by Crippen LogP contribution is 2.40. The Hall–Kier alpha value is -7.37. The highest BCUT2D eigenvalue weighted by atomic mass is 15.4. The standard InChI is InChI=1S/C49H33N5/c1-50-48(34-17-4-2-5-18-34)51-49(36-21-14-20-35(32-36)39-27-15-19-33-16-8-9-24-38(33)39)52-54-45-29-13-11-26-41(45)43-31-30-42-40-25-10-12-28-44(40)53(46(42)47(43)54)37-22-6-3-7-23-37/h2-32H,1H2/b51-48-,52-49-. The van der Waals surface area contributed by atoms with Crippen molar-refractivity contribution in [2.45, 2.75) is 0 Å². The minimum absolute atomic E-state index is 0.495. The summed E-state index contributed by atoms with van der Waals surface area (Å²) in [6.45, 7) is 3.94. The fourth-order valence-corrected chi connectivity index (χ4v) is 7.85. The first-order chi connectivity index (χ1) is 26.8. The monoisotopic (exact) mass is 691 g/mol. The molecule has 10 aromatic rings. The van der Waals surface area contributed by atoms with E-state index >= 15 is 0 Å². The molecule has 5 heteroatoms. The molecule has 0 fully saturated rings. The van der Waals surface area contributed by atoms with Gasteiger partial charge >= 0.3 is 0 Å². The van der Waals surface area contributed by atoms with E-state index in [0.29, 0.717) is 11.7 Å². The molecule has 0 bridgehead atoms. The Balaban J connectivity index is 1.32. The van der Waals surface area contributed by atoms with Crippen molar-refractivity contribution in [3.05, 3.63) is 199 Å². The van der Waals surface area contributed by atoms with Gasteiger partial charge in [0.15, 0.2) is 11.7 Å². The van der Waals surface area contributed by atoms with E-state index in [1.807, 2.05) is 30.3 Å². The summed E-state index contributed by atoms with van der Waals surface area (Å²) >= 11 is 0. The molecule has 8 aromatic carbocycles. The molecule has 5 nitrogen and oxygen atoms in total. The molecule has 10 rings (SSSR count). The molecule has 0 aliphatic heterocycles. The van der Waals surface area contributed by atoms with Crippen molar-refractivity contribution in [1.82, 2.24) is 9.24 Å². The molecule has 0 aliphatic rings. The lowest BCUT2D eigenvalue weighted by atomic mass is 9.97. The van der Waals surface area contributed by atoms with Crippen LogP contribution in [0.2, 0.25) is 0 Å². The number of hydrogen-bond acceptors (Lipinski definition) is 1. The number of benzene rings is 8. The lowest BCUT2D eigenvalue weighted by molar-refractivity contribution is 0.962. The van der Waals surface area contributed by atoms with Gasteiger partial charge in [-0.2, -0.15) is 0 Å². The van der Waals surface area contributed by atoms with E-state index in [1.165, 1.54) is 16.2 Å². The van der Waals surface area contributed by atoms with Crippen LogP contribution in [0.1, 0.15) is 11.1 Å². The Morgan fingerprint density at radius 2 is 1.04 bits per heavy atom. The van der Waals surface area contributed by atoms with Crippen molar-refractivity contribution in [3.8, 4) is 16.8 Å². The van der Waals surface area contributed by atoms with Gasteiger partial charge in [0.1, 0.15) is 0 Å². The Morgan fingerprint density at radius 1 is 0.444 bits per heavy atom. The molecular formula is C49H33N5. The van der Waals surface area contributed by atoms with Crippen LogP contribution in [0.5, 0.6) is 0 Å². The first-order valence-electron chi connectivity index (χ1n) is 18.1. The summed E-state index contributed by atoms with van der Waals surface area (Å²) in [4.78, 5) is 9.67. The highest BCUT2D eigenvalue weighted by Gasteiger charge is 2.21. The first kappa shape index (κ1) is 31.4. The van der Waals surface area contributed by atoms with Gasteiger partial charge < -0.3 is 4.57 Å². The normalized spacial score (nSPS) is 12.4. The molecule has 0 unspecified atom stereocenters. The van der Waals surface area contributed by atoms with Gasteiger partial charge in [-0.25, -0.2) is 14.7 Å². The van der Waals surface area contributed by atoms with Gasteiger partial charge in [0.2, 0.25) is 0 Å². The van der Waals surface area contributed by atoms with Crippen LogP contribution in [0, 0.1) is 0 Å². The van der Waals surface area contributed by atoms with E-state index in [2.05, 4.69) is 179 Å². The fourth-order valence-electron chi connectivity index (χ4n) is 7.85. The van der Waals surface area contributed by atoms with Crippen LogP contribution in [0.25, 0.3) is 71.2 Å². The van der Waals surface area contributed by atoms with Crippen molar-refractivity contribution in [1.29, 1.82) is 0 Å². The van der Waals surface area contributed by atoms with Crippen LogP contribution >= 0.6 is 0 Å². The molecule has 2 heterocycles. The summed E-state index contributed by atoms with van der Waals surface area (Å²) in [5.74, 6) is 1.01. The zero-order valence-electron chi connectivity index (χ0n) is 29.3.